The molecule has 0 spiro atoms. The van der Waals surface area contributed by atoms with Crippen LogP contribution in [0.1, 0.15) is 24.0 Å². The van der Waals surface area contributed by atoms with E-state index in [1.54, 1.807) is 0 Å². The average molecular weight is 249 g/mol. The summed E-state index contributed by atoms with van der Waals surface area (Å²) in [4.78, 5) is 0. The second-order valence-corrected chi connectivity index (χ2v) is 5.31. The summed E-state index contributed by atoms with van der Waals surface area (Å²) in [6.07, 6.45) is 0.926. The van der Waals surface area contributed by atoms with Crippen molar-refractivity contribution in [1.82, 2.24) is 0 Å². The number of nitriles is 1. The molecule has 1 aliphatic carbocycles. The maximum Gasteiger partial charge on any atom is 0.153 e. The van der Waals surface area contributed by atoms with Gasteiger partial charge in [0.05, 0.1) is 6.07 Å². The van der Waals surface area contributed by atoms with E-state index in [2.05, 4.69) is 24.3 Å². The van der Waals surface area contributed by atoms with Gasteiger partial charge in [-0.05, 0) is 11.1 Å². The molecule has 0 bridgehead atoms. The van der Waals surface area contributed by atoms with Gasteiger partial charge in [0.25, 0.3) is 0 Å². The third-order valence-corrected chi connectivity index (χ3v) is 4.05. The van der Waals surface area contributed by atoms with Crippen LogP contribution in [0.5, 0.6) is 0 Å². The van der Waals surface area contributed by atoms with Crippen molar-refractivity contribution in [3.8, 4) is 6.07 Å². The fourth-order valence-corrected chi connectivity index (χ4v) is 3.12. The zero-order valence-electron chi connectivity index (χ0n) is 10.6. The van der Waals surface area contributed by atoms with Gasteiger partial charge in [0.2, 0.25) is 0 Å². The van der Waals surface area contributed by atoms with Gasteiger partial charge < -0.3 is 5.11 Å². The molecule has 1 fully saturated rings. The van der Waals surface area contributed by atoms with Gasteiger partial charge in [-0.15, -0.1) is 0 Å². The molecule has 0 aliphatic heterocycles. The summed E-state index contributed by atoms with van der Waals surface area (Å²) in [5.41, 5.74) is 0.917. The molecule has 0 radical (unpaired) electrons. The predicted molar refractivity (Wildman–Crippen MR) is 73.5 cm³/mol. The fourth-order valence-electron chi connectivity index (χ4n) is 3.12. The highest BCUT2D eigenvalue weighted by Crippen LogP contribution is 2.54. The lowest BCUT2D eigenvalue weighted by Gasteiger charge is -2.50. The predicted octanol–water partition coefficient (Wildman–Crippen LogP) is 3.02. The van der Waals surface area contributed by atoms with Gasteiger partial charge in [-0.3, -0.25) is 0 Å². The summed E-state index contributed by atoms with van der Waals surface area (Å²) in [5, 5.41) is 19.2. The smallest absolute Gasteiger partial charge is 0.153 e. The van der Waals surface area contributed by atoms with Crippen LogP contribution in [0.2, 0.25) is 0 Å². The molecule has 0 atom stereocenters. The molecule has 94 valence electrons. The lowest BCUT2D eigenvalue weighted by atomic mass is 9.53. The molecular weight excluding hydrogens is 234 g/mol. The molecule has 1 N–H and O–H groups in total. The Labute approximate surface area is 112 Å². The second kappa shape index (κ2) is 4.22. The number of rotatable bonds is 2. The molecule has 0 aromatic heterocycles. The third kappa shape index (κ3) is 1.83. The first-order chi connectivity index (χ1) is 9.19. The molecule has 0 heterocycles. The van der Waals surface area contributed by atoms with Gasteiger partial charge >= 0.3 is 0 Å². The number of nitrogens with zero attached hydrogens (tertiary/aromatic N) is 1. The average Bonchev–Trinajstić information content (AvgIpc) is 2.45. The van der Waals surface area contributed by atoms with E-state index in [1.807, 2.05) is 42.5 Å². The van der Waals surface area contributed by atoms with E-state index in [-0.39, 0.29) is 5.41 Å². The van der Waals surface area contributed by atoms with Crippen molar-refractivity contribution >= 4 is 0 Å². The molecule has 2 aromatic carbocycles. The topological polar surface area (TPSA) is 44.0 Å². The zero-order chi connectivity index (χ0) is 13.3. The number of hydrogen-bond acceptors (Lipinski definition) is 2. The van der Waals surface area contributed by atoms with Gasteiger partial charge in [-0.1, -0.05) is 60.7 Å². The largest absolute Gasteiger partial charge is 0.375 e. The molecule has 3 rings (SSSR count). The molecule has 2 nitrogen and oxygen atoms in total. The Hall–Kier alpha value is -2.11. The number of benzene rings is 2. The van der Waals surface area contributed by atoms with Gasteiger partial charge in [0.1, 0.15) is 0 Å². The molecule has 0 amide bonds. The van der Waals surface area contributed by atoms with Crippen LogP contribution in [-0.2, 0) is 5.41 Å². The van der Waals surface area contributed by atoms with Gasteiger partial charge in [-0.2, -0.15) is 5.26 Å². The van der Waals surface area contributed by atoms with Crippen LogP contribution in [0.3, 0.4) is 0 Å². The first kappa shape index (κ1) is 12.0. The van der Waals surface area contributed by atoms with Crippen LogP contribution in [0.15, 0.2) is 60.7 Å². The SMILES string of the molecule is N#CC1(O)CC(c2ccccc2)(c2ccccc2)C1. The van der Waals surface area contributed by atoms with Crippen molar-refractivity contribution in [3.05, 3.63) is 71.8 Å². The van der Waals surface area contributed by atoms with E-state index in [4.69, 9.17) is 5.26 Å². The molecular formula is C17H15NO. The number of hydrogen-bond donors (Lipinski definition) is 1. The van der Waals surface area contributed by atoms with E-state index >= 15 is 0 Å². The minimum Gasteiger partial charge on any atom is -0.375 e. The Bertz CT molecular complexity index is 565. The fraction of sp³-hybridized carbons (Fsp3) is 0.235. The maximum absolute atomic E-state index is 10.1. The van der Waals surface area contributed by atoms with E-state index < -0.39 is 5.60 Å². The highest BCUT2D eigenvalue weighted by molar-refractivity contribution is 5.46. The van der Waals surface area contributed by atoms with Crippen LogP contribution in [0.4, 0.5) is 0 Å². The van der Waals surface area contributed by atoms with Crippen molar-refractivity contribution in [2.75, 3.05) is 0 Å². The normalized spacial score (nSPS) is 19.2. The van der Waals surface area contributed by atoms with Gasteiger partial charge in [0.15, 0.2) is 5.60 Å². The Morgan fingerprint density at radius 3 is 1.63 bits per heavy atom. The summed E-state index contributed by atoms with van der Waals surface area (Å²) in [6.45, 7) is 0. The van der Waals surface area contributed by atoms with E-state index in [0.717, 1.165) is 0 Å². The van der Waals surface area contributed by atoms with Crippen LogP contribution in [-0.4, -0.2) is 10.7 Å². The molecule has 2 aromatic rings. The Kier molecular flexibility index (Phi) is 2.66. The van der Waals surface area contributed by atoms with E-state index in [9.17, 15) is 5.11 Å². The Balaban J connectivity index is 2.08. The molecule has 2 heteroatoms. The lowest BCUT2D eigenvalue weighted by molar-refractivity contribution is -0.0282. The molecule has 0 unspecified atom stereocenters. The molecule has 0 saturated heterocycles. The van der Waals surface area contributed by atoms with Crippen LogP contribution < -0.4 is 0 Å². The van der Waals surface area contributed by atoms with Crippen LogP contribution >= 0.6 is 0 Å². The number of aliphatic hydroxyl groups is 1. The molecule has 19 heavy (non-hydrogen) atoms. The minimum atomic E-state index is -1.19. The Morgan fingerprint density at radius 2 is 1.26 bits per heavy atom. The molecule has 1 aliphatic rings. The highest BCUT2D eigenvalue weighted by atomic mass is 16.3. The summed E-state index contributed by atoms with van der Waals surface area (Å²) in [6, 6.07) is 22.3. The van der Waals surface area contributed by atoms with E-state index in [1.165, 1.54) is 11.1 Å². The standard InChI is InChI=1S/C17H15NO/c18-13-16(19)11-17(12-16,14-7-3-1-4-8-14)15-9-5-2-6-10-15/h1-10,19H,11-12H2. The lowest BCUT2D eigenvalue weighted by Crippen LogP contribution is -2.54. The monoisotopic (exact) mass is 249 g/mol. The van der Waals surface area contributed by atoms with Crippen molar-refractivity contribution in [2.45, 2.75) is 23.9 Å². The minimum absolute atomic E-state index is 0.229. The van der Waals surface area contributed by atoms with E-state index in [0.29, 0.717) is 12.8 Å². The summed E-state index contributed by atoms with van der Waals surface area (Å²) in [7, 11) is 0. The molecule has 1 saturated carbocycles. The maximum atomic E-state index is 10.1. The highest BCUT2D eigenvalue weighted by Gasteiger charge is 2.56. The zero-order valence-corrected chi connectivity index (χ0v) is 10.6. The van der Waals surface area contributed by atoms with Crippen molar-refractivity contribution in [3.63, 3.8) is 0 Å². The first-order valence-corrected chi connectivity index (χ1v) is 6.43. The summed E-state index contributed by atoms with van der Waals surface area (Å²) in [5.74, 6) is 0. The second-order valence-electron chi connectivity index (χ2n) is 5.31. The summed E-state index contributed by atoms with van der Waals surface area (Å²) >= 11 is 0. The van der Waals surface area contributed by atoms with Gasteiger partial charge in [0, 0.05) is 18.3 Å². The quantitative estimate of drug-likeness (QED) is 0.831. The van der Waals surface area contributed by atoms with Crippen molar-refractivity contribution in [2.24, 2.45) is 0 Å². The van der Waals surface area contributed by atoms with Crippen molar-refractivity contribution in [1.29, 1.82) is 5.26 Å². The summed E-state index contributed by atoms with van der Waals surface area (Å²) < 4.78 is 0. The first-order valence-electron chi connectivity index (χ1n) is 6.43. The van der Waals surface area contributed by atoms with Crippen molar-refractivity contribution < 1.29 is 5.11 Å². The third-order valence-electron chi connectivity index (χ3n) is 4.05. The van der Waals surface area contributed by atoms with Gasteiger partial charge in [-0.25, -0.2) is 0 Å². The van der Waals surface area contributed by atoms with Crippen LogP contribution in [0.25, 0.3) is 0 Å². The Morgan fingerprint density at radius 1 is 0.842 bits per heavy atom. The van der Waals surface area contributed by atoms with Crippen LogP contribution in [0, 0.1) is 11.3 Å².